The van der Waals surface area contributed by atoms with Crippen LogP contribution < -0.4 is 0 Å². The number of ether oxygens (including phenoxy) is 1. The number of hydrogen-bond donors (Lipinski definition) is 1. The number of quaternary nitrogens is 2. The van der Waals surface area contributed by atoms with E-state index in [0.717, 1.165) is 0 Å². The Morgan fingerprint density at radius 3 is 2.00 bits per heavy atom. The van der Waals surface area contributed by atoms with Crippen LogP contribution in [0.1, 0.15) is 86.6 Å². The number of carboxylic acids is 1. The molecule has 6 unspecified atom stereocenters. The maximum atomic E-state index is 13.5. The lowest BCUT2D eigenvalue weighted by Crippen LogP contribution is -2.65. The highest BCUT2D eigenvalue weighted by Crippen LogP contribution is 2.47. The van der Waals surface area contributed by atoms with E-state index in [-0.39, 0.29) is 28.9 Å². The third-order valence-corrected chi connectivity index (χ3v) is 9.72. The number of aromatic carboxylic acids is 1. The van der Waals surface area contributed by atoms with E-state index in [9.17, 15) is 25.1 Å². The summed E-state index contributed by atoms with van der Waals surface area (Å²) in [4.78, 5) is 25.7. The lowest BCUT2D eigenvalue weighted by atomic mass is 9.68. The van der Waals surface area contributed by atoms with Gasteiger partial charge < -0.3 is 29.6 Å². The molecule has 0 aromatic heterocycles. The number of hydroxylamine groups is 6. The van der Waals surface area contributed by atoms with Crippen molar-refractivity contribution in [3.8, 4) is 0 Å². The molecule has 2 aliphatic heterocycles. The van der Waals surface area contributed by atoms with Crippen molar-refractivity contribution in [3.05, 3.63) is 45.3 Å². The molecule has 190 valence electrons. The number of esters is 1. The van der Waals surface area contributed by atoms with Crippen molar-refractivity contribution in [1.82, 2.24) is 0 Å². The zero-order chi connectivity index (χ0) is 25.9. The normalized spacial score (nSPS) is 37.1. The fraction of sp³-hybridized carbons (Fsp3) is 0.692. The molecule has 6 atom stereocenters. The van der Waals surface area contributed by atoms with Gasteiger partial charge in [-0.25, -0.2) is 9.59 Å². The minimum atomic E-state index is -1.11. The highest BCUT2D eigenvalue weighted by atomic mass is 16.6. The molecule has 0 bridgehead atoms. The van der Waals surface area contributed by atoms with E-state index in [0.29, 0.717) is 31.5 Å². The Hall–Kier alpha value is -2.00. The number of carbonyl (C=O) groups excluding carboxylic acids is 1. The molecule has 0 radical (unpaired) electrons. The fourth-order valence-electron chi connectivity index (χ4n) is 5.73. The summed E-state index contributed by atoms with van der Waals surface area (Å²) in [6, 6.07) is 4.70. The first-order chi connectivity index (χ1) is 15.5. The van der Waals surface area contributed by atoms with Crippen molar-refractivity contribution in [2.45, 2.75) is 77.5 Å². The number of hydrogen-bond acceptors (Lipinski definition) is 5. The van der Waals surface area contributed by atoms with Crippen molar-refractivity contribution in [1.29, 1.82) is 0 Å². The van der Waals surface area contributed by atoms with Gasteiger partial charge in [0, 0.05) is 24.7 Å². The molecular formula is C26H40N2O6. The topological polar surface area (TPSA) is 110 Å². The summed E-state index contributed by atoms with van der Waals surface area (Å²) in [5.41, 5.74) is -0.525. The van der Waals surface area contributed by atoms with E-state index < -0.39 is 38.4 Å². The van der Waals surface area contributed by atoms with E-state index in [1.807, 2.05) is 41.5 Å². The molecule has 0 aliphatic carbocycles. The van der Waals surface area contributed by atoms with Crippen molar-refractivity contribution >= 4 is 11.9 Å². The monoisotopic (exact) mass is 476 g/mol. The molecule has 1 aromatic carbocycles. The number of nitrogens with zero attached hydrogens (tertiary/aromatic N) is 2. The molecule has 2 saturated heterocycles. The van der Waals surface area contributed by atoms with Gasteiger partial charge in [-0.05, 0) is 51.3 Å². The second-order valence-corrected chi connectivity index (χ2v) is 11.7. The quantitative estimate of drug-likeness (QED) is 0.389. The lowest BCUT2D eigenvalue weighted by molar-refractivity contribution is -0.921. The molecule has 34 heavy (non-hydrogen) atoms. The van der Waals surface area contributed by atoms with Gasteiger partial charge in [0.1, 0.15) is 6.10 Å². The summed E-state index contributed by atoms with van der Waals surface area (Å²) < 4.78 is 5.15. The summed E-state index contributed by atoms with van der Waals surface area (Å²) in [7, 11) is 3.30. The maximum Gasteiger partial charge on any atom is 0.338 e. The van der Waals surface area contributed by atoms with Crippen LogP contribution in [0.5, 0.6) is 0 Å². The molecule has 8 nitrogen and oxygen atoms in total. The Labute approximate surface area is 202 Å². The SMILES string of the molecule is CC1C(OC(=O)c2cccc(C(=O)O)c2C2CC[N+](C)([O-])C(C)(C)C2C)CC[N+](C)([O-])C1(C)C. The van der Waals surface area contributed by atoms with Crippen LogP contribution in [0, 0.1) is 22.3 Å². The molecule has 1 N–H and O–H groups in total. The average Bonchev–Trinajstić information content (AvgIpc) is 2.73. The van der Waals surface area contributed by atoms with Gasteiger partial charge in [0.2, 0.25) is 0 Å². The molecular weight excluding hydrogens is 436 g/mol. The number of carbonyl (C=O) groups is 2. The van der Waals surface area contributed by atoms with Crippen LogP contribution in [0.15, 0.2) is 18.2 Å². The van der Waals surface area contributed by atoms with Crippen LogP contribution in [0.25, 0.3) is 0 Å². The second kappa shape index (κ2) is 8.59. The van der Waals surface area contributed by atoms with E-state index in [2.05, 4.69) is 0 Å². The first kappa shape index (κ1) is 26.6. The Morgan fingerprint density at radius 2 is 1.44 bits per heavy atom. The van der Waals surface area contributed by atoms with E-state index in [4.69, 9.17) is 4.74 Å². The number of carboxylic acid groups (broad SMARTS) is 1. The molecule has 2 heterocycles. The Morgan fingerprint density at radius 1 is 0.941 bits per heavy atom. The number of likely N-dealkylation sites (tertiary alicyclic amines) is 2. The maximum absolute atomic E-state index is 13.5. The van der Waals surface area contributed by atoms with E-state index in [1.165, 1.54) is 6.07 Å². The van der Waals surface area contributed by atoms with Crippen LogP contribution >= 0.6 is 0 Å². The average molecular weight is 477 g/mol. The second-order valence-electron chi connectivity index (χ2n) is 11.7. The van der Waals surface area contributed by atoms with Crippen LogP contribution in [-0.2, 0) is 4.74 Å². The van der Waals surface area contributed by atoms with E-state index >= 15 is 0 Å². The predicted molar refractivity (Wildman–Crippen MR) is 130 cm³/mol. The summed E-state index contributed by atoms with van der Waals surface area (Å²) >= 11 is 0. The summed E-state index contributed by atoms with van der Waals surface area (Å²) in [5, 5.41) is 36.0. The molecule has 1 aromatic rings. The van der Waals surface area contributed by atoms with Gasteiger partial charge in [0.25, 0.3) is 0 Å². The standard InChI is InChI=1S/C26H40N2O6/c1-16-18(12-14-27(7,32)25(16,3)4)22-19(23(29)30)10-9-11-20(22)24(31)34-21-13-15-28(8,33)26(5,6)17(21)2/h9-11,16-18,21H,12-15H2,1-8H3,(H,29,30). The fourth-order valence-corrected chi connectivity index (χ4v) is 5.73. The minimum Gasteiger partial charge on any atom is -0.633 e. The number of benzene rings is 1. The van der Waals surface area contributed by atoms with Gasteiger partial charge in [0.15, 0.2) is 0 Å². The summed E-state index contributed by atoms with van der Waals surface area (Å²) in [6.07, 6.45) is 0.489. The molecule has 2 fully saturated rings. The Bertz CT molecular complexity index is 968. The van der Waals surface area contributed by atoms with Gasteiger partial charge in [0.05, 0.1) is 49.4 Å². The smallest absolute Gasteiger partial charge is 0.338 e. The van der Waals surface area contributed by atoms with Gasteiger partial charge in [-0.1, -0.05) is 19.9 Å². The van der Waals surface area contributed by atoms with Gasteiger partial charge in [-0.3, -0.25) is 0 Å². The van der Waals surface area contributed by atoms with Crippen LogP contribution in [0.2, 0.25) is 0 Å². The molecule has 0 amide bonds. The molecule has 3 rings (SSSR count). The minimum absolute atomic E-state index is 0.0740. The zero-order valence-corrected chi connectivity index (χ0v) is 21.8. The van der Waals surface area contributed by atoms with Crippen molar-refractivity contribution in [2.24, 2.45) is 11.8 Å². The first-order valence-electron chi connectivity index (χ1n) is 12.2. The highest BCUT2D eigenvalue weighted by Gasteiger charge is 2.50. The lowest BCUT2D eigenvalue weighted by Gasteiger charge is -2.59. The van der Waals surface area contributed by atoms with E-state index in [1.54, 1.807) is 26.2 Å². The molecule has 8 heteroatoms. The highest BCUT2D eigenvalue weighted by molar-refractivity contribution is 5.97. The third-order valence-electron chi connectivity index (χ3n) is 9.72. The zero-order valence-electron chi connectivity index (χ0n) is 21.8. The van der Waals surface area contributed by atoms with Crippen LogP contribution in [0.4, 0.5) is 0 Å². The third kappa shape index (κ3) is 4.15. The number of rotatable bonds is 4. The Balaban J connectivity index is 2.00. The van der Waals surface area contributed by atoms with Crippen molar-refractivity contribution in [3.63, 3.8) is 0 Å². The van der Waals surface area contributed by atoms with Gasteiger partial charge in [-0.15, -0.1) is 0 Å². The Kier molecular flexibility index (Phi) is 6.72. The van der Waals surface area contributed by atoms with Crippen molar-refractivity contribution < 1.29 is 28.7 Å². The van der Waals surface area contributed by atoms with Crippen LogP contribution in [0.3, 0.4) is 0 Å². The first-order valence-corrected chi connectivity index (χ1v) is 12.2. The molecule has 0 saturated carbocycles. The summed E-state index contributed by atoms with van der Waals surface area (Å²) in [6.45, 7) is 12.2. The number of piperidine rings is 2. The summed E-state index contributed by atoms with van der Waals surface area (Å²) in [5.74, 6) is -2.28. The van der Waals surface area contributed by atoms with Gasteiger partial charge >= 0.3 is 11.9 Å². The van der Waals surface area contributed by atoms with Gasteiger partial charge in [-0.2, -0.15) is 0 Å². The largest absolute Gasteiger partial charge is 0.633 e. The molecule has 2 aliphatic rings. The predicted octanol–water partition coefficient (Wildman–Crippen LogP) is 4.52. The van der Waals surface area contributed by atoms with Crippen molar-refractivity contribution in [2.75, 3.05) is 27.2 Å². The molecule has 0 spiro atoms. The van der Waals surface area contributed by atoms with Crippen LogP contribution in [-0.4, -0.2) is 70.7 Å².